The van der Waals surface area contributed by atoms with Crippen molar-refractivity contribution in [3.8, 4) is 39.4 Å². The maximum atomic E-state index is 5.38. The Morgan fingerprint density at radius 2 is 1.62 bits per heavy atom. The van der Waals surface area contributed by atoms with Gasteiger partial charge in [0.05, 0.1) is 22.8 Å². The third-order valence-corrected chi connectivity index (χ3v) is 9.33. The molecule has 0 bridgehead atoms. The Bertz CT molecular complexity index is 2120. The van der Waals surface area contributed by atoms with Gasteiger partial charge in [-0.05, 0) is 90.0 Å². The molecule has 47 heavy (non-hydrogen) atoms. The van der Waals surface area contributed by atoms with Gasteiger partial charge in [0.2, 0.25) is 11.7 Å². The van der Waals surface area contributed by atoms with Gasteiger partial charge >= 0.3 is 0 Å². The molecule has 1 atom stereocenters. The van der Waals surface area contributed by atoms with Gasteiger partial charge < -0.3 is 14.6 Å². The molecular weight excluding hydrogens is 605 g/mol. The van der Waals surface area contributed by atoms with E-state index >= 15 is 0 Å². The standard InChI is InChI=1S/C20H18N4O2.C18H20N2S/c1-12(2)13-4-6-16-14(10-13)5-7-17(22-16)19-23-20(26-24-19)15-8-9-21-18(11-15)25-3;1-4-12(2)14-7-10-17-16(11-14)20-18(21-17)13-5-8-15(19-3)9-6-13/h4-12H,1-3H3;5-12,19H,4H2,1-3H3. The van der Waals surface area contributed by atoms with Crippen LogP contribution in [0.15, 0.2) is 95.6 Å². The van der Waals surface area contributed by atoms with Crippen molar-refractivity contribution in [3.63, 3.8) is 0 Å². The van der Waals surface area contributed by atoms with Crippen LogP contribution in [0.5, 0.6) is 5.88 Å². The molecule has 4 heterocycles. The summed E-state index contributed by atoms with van der Waals surface area (Å²) >= 11 is 1.76. The fourth-order valence-corrected chi connectivity index (χ4v) is 6.07. The van der Waals surface area contributed by atoms with Crippen LogP contribution in [0.2, 0.25) is 0 Å². The molecule has 0 saturated carbocycles. The Morgan fingerprint density at radius 3 is 2.36 bits per heavy atom. The van der Waals surface area contributed by atoms with Crippen LogP contribution < -0.4 is 10.1 Å². The Morgan fingerprint density at radius 1 is 0.809 bits per heavy atom. The van der Waals surface area contributed by atoms with Gasteiger partial charge in [0.15, 0.2) is 0 Å². The smallest absolute Gasteiger partial charge is 0.258 e. The van der Waals surface area contributed by atoms with Crippen molar-refractivity contribution < 1.29 is 9.26 Å². The quantitative estimate of drug-likeness (QED) is 0.175. The van der Waals surface area contributed by atoms with Crippen LogP contribution in [0, 0.1) is 0 Å². The zero-order valence-corrected chi connectivity index (χ0v) is 28.3. The molecule has 0 spiro atoms. The van der Waals surface area contributed by atoms with Crippen LogP contribution in [0.1, 0.15) is 57.1 Å². The Hall–Kier alpha value is -5.15. The maximum Gasteiger partial charge on any atom is 0.258 e. The van der Waals surface area contributed by atoms with E-state index < -0.39 is 0 Å². The second-order valence-corrected chi connectivity index (χ2v) is 12.7. The lowest BCUT2D eigenvalue weighted by atomic mass is 9.99. The zero-order valence-electron chi connectivity index (χ0n) is 27.5. The normalized spacial score (nSPS) is 11.8. The summed E-state index contributed by atoms with van der Waals surface area (Å²) in [5.74, 6) is 2.42. The molecule has 1 unspecified atom stereocenters. The van der Waals surface area contributed by atoms with Gasteiger partial charge in [-0.1, -0.05) is 51.1 Å². The Balaban J connectivity index is 0.000000168. The number of methoxy groups -OCH3 is 1. The fraction of sp³-hybridized carbons (Fsp3) is 0.237. The van der Waals surface area contributed by atoms with Crippen LogP contribution in [0.25, 0.3) is 54.7 Å². The molecule has 9 heteroatoms. The minimum absolute atomic E-state index is 0.401. The lowest BCUT2D eigenvalue weighted by Crippen LogP contribution is -1.91. The fourth-order valence-electron chi connectivity index (χ4n) is 5.12. The lowest BCUT2D eigenvalue weighted by molar-refractivity contribution is 0.397. The SMILES string of the molecule is CCC(C)c1ccc2sc(-c3ccc(NC)cc3)nc2c1.COc1cc(-c2nc(-c3ccc4cc(C(C)C)ccc4n3)no2)ccn1. The van der Waals surface area contributed by atoms with Crippen LogP contribution in [0.3, 0.4) is 0 Å². The van der Waals surface area contributed by atoms with Crippen molar-refractivity contribution >= 4 is 38.1 Å². The summed E-state index contributed by atoms with van der Waals surface area (Å²) in [4.78, 5) is 18.0. The van der Waals surface area contributed by atoms with Gasteiger partial charge in [-0.3, -0.25) is 0 Å². The van der Waals surface area contributed by atoms with Crippen LogP contribution in [-0.2, 0) is 0 Å². The minimum atomic E-state index is 0.401. The third-order valence-electron chi connectivity index (χ3n) is 8.24. The number of benzene rings is 3. The van der Waals surface area contributed by atoms with Gasteiger partial charge in [-0.2, -0.15) is 4.98 Å². The van der Waals surface area contributed by atoms with E-state index in [1.165, 1.54) is 21.4 Å². The molecule has 8 nitrogen and oxygen atoms in total. The molecule has 4 aromatic heterocycles. The number of hydrogen-bond acceptors (Lipinski definition) is 9. The third kappa shape index (κ3) is 7.15. The number of anilines is 1. The van der Waals surface area contributed by atoms with E-state index in [0.717, 1.165) is 39.1 Å². The van der Waals surface area contributed by atoms with Crippen molar-refractivity contribution in [2.45, 2.75) is 46.0 Å². The predicted octanol–water partition coefficient (Wildman–Crippen LogP) is 10.00. The van der Waals surface area contributed by atoms with E-state index in [-0.39, 0.29) is 0 Å². The number of rotatable bonds is 8. The van der Waals surface area contributed by atoms with Crippen molar-refractivity contribution in [1.29, 1.82) is 0 Å². The van der Waals surface area contributed by atoms with E-state index in [2.05, 4.69) is 108 Å². The number of nitrogens with zero attached hydrogens (tertiary/aromatic N) is 5. The highest BCUT2D eigenvalue weighted by Crippen LogP contribution is 2.33. The van der Waals surface area contributed by atoms with Gasteiger partial charge in [0.25, 0.3) is 5.89 Å². The Kier molecular flexibility index (Phi) is 9.54. The molecule has 7 aromatic rings. The van der Waals surface area contributed by atoms with Crippen molar-refractivity contribution in [1.82, 2.24) is 25.1 Å². The van der Waals surface area contributed by atoms with E-state index in [4.69, 9.17) is 14.2 Å². The zero-order chi connectivity index (χ0) is 32.9. The molecule has 0 saturated heterocycles. The molecule has 0 aliphatic carbocycles. The van der Waals surface area contributed by atoms with E-state index in [0.29, 0.717) is 35.1 Å². The molecule has 7 rings (SSSR count). The summed E-state index contributed by atoms with van der Waals surface area (Å²) in [6.45, 7) is 8.85. The molecule has 0 amide bonds. The van der Waals surface area contributed by atoms with Crippen LogP contribution >= 0.6 is 11.3 Å². The van der Waals surface area contributed by atoms with E-state index in [1.54, 1.807) is 36.8 Å². The number of pyridine rings is 2. The highest BCUT2D eigenvalue weighted by Gasteiger charge is 2.14. The van der Waals surface area contributed by atoms with Gasteiger partial charge in [0, 0.05) is 41.5 Å². The highest BCUT2D eigenvalue weighted by molar-refractivity contribution is 7.21. The monoisotopic (exact) mass is 642 g/mol. The van der Waals surface area contributed by atoms with Crippen LogP contribution in [-0.4, -0.2) is 39.3 Å². The number of fused-ring (bicyclic) bond motifs is 2. The largest absolute Gasteiger partial charge is 0.481 e. The molecule has 0 fully saturated rings. The molecule has 3 aromatic carbocycles. The molecular formula is C38H38N6O2S. The Labute approximate surface area is 278 Å². The maximum absolute atomic E-state index is 5.38. The topological polar surface area (TPSA) is 98.9 Å². The number of hydrogen-bond donors (Lipinski definition) is 1. The van der Waals surface area contributed by atoms with Gasteiger partial charge in [-0.15, -0.1) is 11.3 Å². The summed E-state index contributed by atoms with van der Waals surface area (Å²) in [5, 5.41) is 9.39. The first-order valence-electron chi connectivity index (χ1n) is 15.8. The summed E-state index contributed by atoms with van der Waals surface area (Å²) in [6, 6.07) is 28.9. The number of nitrogens with one attached hydrogen (secondary N) is 1. The minimum Gasteiger partial charge on any atom is -0.481 e. The first kappa shape index (κ1) is 31.8. The average molecular weight is 643 g/mol. The molecule has 1 N–H and O–H groups in total. The van der Waals surface area contributed by atoms with Crippen molar-refractivity contribution in [2.24, 2.45) is 0 Å². The average Bonchev–Trinajstić information content (AvgIpc) is 3.79. The lowest BCUT2D eigenvalue weighted by Gasteiger charge is -2.07. The van der Waals surface area contributed by atoms with E-state index in [1.807, 2.05) is 25.2 Å². The van der Waals surface area contributed by atoms with Gasteiger partial charge in [0.1, 0.15) is 10.7 Å². The first-order chi connectivity index (χ1) is 22.8. The molecule has 0 radical (unpaired) electrons. The number of aromatic nitrogens is 5. The number of ether oxygens (including phenoxy) is 1. The summed E-state index contributed by atoms with van der Waals surface area (Å²) in [7, 11) is 3.50. The first-order valence-corrected chi connectivity index (χ1v) is 16.6. The summed E-state index contributed by atoms with van der Waals surface area (Å²) in [6.07, 6.45) is 2.80. The number of thiazole rings is 1. The van der Waals surface area contributed by atoms with Gasteiger partial charge in [-0.25, -0.2) is 15.0 Å². The molecule has 238 valence electrons. The summed E-state index contributed by atoms with van der Waals surface area (Å²) in [5.41, 5.74) is 8.42. The second-order valence-electron chi connectivity index (χ2n) is 11.7. The van der Waals surface area contributed by atoms with Crippen LogP contribution in [0.4, 0.5) is 5.69 Å². The van der Waals surface area contributed by atoms with Crippen molar-refractivity contribution in [2.75, 3.05) is 19.5 Å². The molecule has 0 aliphatic heterocycles. The summed E-state index contributed by atoms with van der Waals surface area (Å²) < 4.78 is 11.8. The molecule has 0 aliphatic rings. The van der Waals surface area contributed by atoms with Crippen molar-refractivity contribution in [3.05, 3.63) is 102 Å². The second kappa shape index (κ2) is 14.1. The highest BCUT2D eigenvalue weighted by atomic mass is 32.1. The van der Waals surface area contributed by atoms with E-state index in [9.17, 15) is 0 Å². The predicted molar refractivity (Wildman–Crippen MR) is 192 cm³/mol.